The molecule has 9 heteroatoms. The van der Waals surface area contributed by atoms with E-state index in [1.165, 1.54) is 19.2 Å². The average Bonchev–Trinajstić information content (AvgIpc) is 2.62. The molecule has 0 saturated carbocycles. The average molecular weight is 410 g/mol. The maximum absolute atomic E-state index is 13.4. The molecule has 2 rings (SSSR count). The van der Waals surface area contributed by atoms with Crippen molar-refractivity contribution < 1.29 is 27.8 Å². The van der Waals surface area contributed by atoms with Crippen LogP contribution in [0.15, 0.2) is 30.3 Å². The highest BCUT2D eigenvalue weighted by molar-refractivity contribution is 7.80. The van der Waals surface area contributed by atoms with Crippen molar-refractivity contribution in [2.24, 2.45) is 0 Å². The maximum atomic E-state index is 13.4. The number of nitrogens with one attached hydrogen (secondary N) is 2. The molecule has 150 valence electrons. The van der Waals surface area contributed by atoms with Crippen LogP contribution in [0.25, 0.3) is 0 Å². The van der Waals surface area contributed by atoms with E-state index in [2.05, 4.69) is 10.6 Å². The lowest BCUT2D eigenvalue weighted by Crippen LogP contribution is -2.20. The molecule has 0 fully saturated rings. The topological polar surface area (TPSA) is 68.8 Å². The number of rotatable bonds is 7. The van der Waals surface area contributed by atoms with Gasteiger partial charge in [-0.05, 0) is 50.3 Å². The summed E-state index contributed by atoms with van der Waals surface area (Å²) in [6, 6.07) is 5.93. The minimum Gasteiger partial charge on any atom is -0.490 e. The molecule has 0 aromatic heterocycles. The zero-order chi connectivity index (χ0) is 20.7. The van der Waals surface area contributed by atoms with E-state index in [0.717, 1.165) is 18.2 Å². The second-order valence-corrected chi connectivity index (χ2v) is 5.85. The van der Waals surface area contributed by atoms with Crippen molar-refractivity contribution in [3.63, 3.8) is 0 Å². The van der Waals surface area contributed by atoms with E-state index >= 15 is 0 Å². The maximum Gasteiger partial charge on any atom is 0.338 e. The van der Waals surface area contributed by atoms with Crippen molar-refractivity contribution >= 4 is 34.7 Å². The van der Waals surface area contributed by atoms with E-state index < -0.39 is 17.6 Å². The first kappa shape index (κ1) is 21.4. The summed E-state index contributed by atoms with van der Waals surface area (Å²) in [6.07, 6.45) is 0. The minimum absolute atomic E-state index is 0.0374. The first-order valence-electron chi connectivity index (χ1n) is 8.44. The molecule has 0 saturated heterocycles. The van der Waals surface area contributed by atoms with Crippen molar-refractivity contribution in [2.45, 2.75) is 13.8 Å². The fourth-order valence-corrected chi connectivity index (χ4v) is 2.63. The number of halogens is 2. The van der Waals surface area contributed by atoms with Crippen molar-refractivity contribution in [3.8, 4) is 11.5 Å². The summed E-state index contributed by atoms with van der Waals surface area (Å²) in [4.78, 5) is 12.0. The van der Waals surface area contributed by atoms with E-state index in [1.54, 1.807) is 13.8 Å². The number of carbonyl (C=O) groups is 1. The predicted octanol–water partition coefficient (Wildman–Crippen LogP) is 4.36. The summed E-state index contributed by atoms with van der Waals surface area (Å²) < 4.78 is 42.7. The molecular formula is C19H20F2N2O4S. The molecule has 0 heterocycles. The smallest absolute Gasteiger partial charge is 0.338 e. The highest BCUT2D eigenvalue weighted by Crippen LogP contribution is 2.37. The Morgan fingerprint density at radius 1 is 1.00 bits per heavy atom. The molecule has 0 atom stereocenters. The van der Waals surface area contributed by atoms with Gasteiger partial charge in [0.2, 0.25) is 0 Å². The van der Waals surface area contributed by atoms with E-state index in [4.69, 9.17) is 26.4 Å². The molecule has 0 radical (unpaired) electrons. The van der Waals surface area contributed by atoms with Crippen LogP contribution >= 0.6 is 12.2 Å². The Balaban J connectivity index is 2.36. The molecule has 0 aliphatic carbocycles. The number of hydrogen-bond donors (Lipinski definition) is 2. The molecule has 0 amide bonds. The van der Waals surface area contributed by atoms with E-state index in [1.807, 2.05) is 0 Å². The van der Waals surface area contributed by atoms with Crippen molar-refractivity contribution in [1.82, 2.24) is 0 Å². The van der Waals surface area contributed by atoms with Gasteiger partial charge in [-0.3, -0.25) is 0 Å². The van der Waals surface area contributed by atoms with Crippen molar-refractivity contribution in [2.75, 3.05) is 31.0 Å². The normalized spacial score (nSPS) is 10.2. The van der Waals surface area contributed by atoms with E-state index in [0.29, 0.717) is 30.4 Å². The molecule has 2 N–H and O–H groups in total. The van der Waals surface area contributed by atoms with Crippen molar-refractivity contribution in [1.29, 1.82) is 0 Å². The number of esters is 1. The van der Waals surface area contributed by atoms with Crippen LogP contribution in [0.2, 0.25) is 0 Å². The Morgan fingerprint density at radius 2 is 1.64 bits per heavy atom. The minimum atomic E-state index is -0.744. The summed E-state index contributed by atoms with van der Waals surface area (Å²) in [5.74, 6) is -1.39. The Hall–Kier alpha value is -2.94. The molecule has 0 unspecified atom stereocenters. The number of hydrogen-bond acceptors (Lipinski definition) is 5. The van der Waals surface area contributed by atoms with Gasteiger partial charge >= 0.3 is 5.97 Å². The third-order valence-electron chi connectivity index (χ3n) is 3.43. The lowest BCUT2D eigenvalue weighted by molar-refractivity contribution is 0.0600. The van der Waals surface area contributed by atoms with Crippen LogP contribution in [0.4, 0.5) is 20.2 Å². The van der Waals surface area contributed by atoms with Gasteiger partial charge in [0.05, 0.1) is 31.6 Å². The third kappa shape index (κ3) is 5.53. The summed E-state index contributed by atoms with van der Waals surface area (Å²) in [5, 5.41) is 5.58. The number of benzene rings is 2. The van der Waals surface area contributed by atoms with Crippen LogP contribution in [-0.4, -0.2) is 31.4 Å². The van der Waals surface area contributed by atoms with Gasteiger partial charge in [-0.15, -0.1) is 0 Å². The summed E-state index contributed by atoms with van der Waals surface area (Å²) in [5.41, 5.74) is 0.682. The van der Waals surface area contributed by atoms with Crippen LogP contribution in [0.5, 0.6) is 11.5 Å². The SMILES string of the molecule is CCOc1cc(C(=O)OC)cc(NC(=S)Nc2cc(F)cc(F)c2)c1OCC. The second kappa shape index (κ2) is 9.84. The lowest BCUT2D eigenvalue weighted by Gasteiger charge is -2.18. The monoisotopic (exact) mass is 410 g/mol. The van der Waals surface area contributed by atoms with Gasteiger partial charge in [-0.1, -0.05) is 0 Å². The quantitative estimate of drug-likeness (QED) is 0.519. The molecule has 0 spiro atoms. The Morgan fingerprint density at radius 3 is 2.21 bits per heavy atom. The van der Waals surface area contributed by atoms with Gasteiger partial charge in [0.15, 0.2) is 16.6 Å². The number of thiocarbonyl (C=S) groups is 1. The first-order chi connectivity index (χ1) is 13.4. The molecule has 0 aliphatic rings. The fourth-order valence-electron chi connectivity index (χ4n) is 2.40. The van der Waals surface area contributed by atoms with Gasteiger partial charge in [0, 0.05) is 11.8 Å². The summed E-state index contributed by atoms with van der Waals surface area (Å²) in [6.45, 7) is 4.26. The molecular weight excluding hydrogens is 390 g/mol. The molecule has 28 heavy (non-hydrogen) atoms. The number of carbonyl (C=O) groups excluding carboxylic acids is 1. The van der Waals surface area contributed by atoms with Gasteiger partial charge in [-0.25, -0.2) is 13.6 Å². The lowest BCUT2D eigenvalue weighted by atomic mass is 10.1. The van der Waals surface area contributed by atoms with E-state index in [9.17, 15) is 13.6 Å². The highest BCUT2D eigenvalue weighted by atomic mass is 32.1. The second-order valence-electron chi connectivity index (χ2n) is 5.45. The third-order valence-corrected chi connectivity index (χ3v) is 3.64. The Kier molecular flexibility index (Phi) is 7.51. The largest absolute Gasteiger partial charge is 0.490 e. The van der Waals surface area contributed by atoms with Gasteiger partial charge in [-0.2, -0.15) is 0 Å². The van der Waals surface area contributed by atoms with Crippen LogP contribution in [-0.2, 0) is 4.74 Å². The summed E-state index contributed by atoms with van der Waals surface area (Å²) >= 11 is 5.21. The molecule has 0 aliphatic heterocycles. The van der Waals surface area contributed by atoms with Crippen LogP contribution in [0.3, 0.4) is 0 Å². The van der Waals surface area contributed by atoms with Crippen LogP contribution < -0.4 is 20.1 Å². The van der Waals surface area contributed by atoms with E-state index in [-0.39, 0.29) is 16.4 Å². The number of methoxy groups -OCH3 is 1. The molecule has 6 nitrogen and oxygen atoms in total. The van der Waals surface area contributed by atoms with Crippen molar-refractivity contribution in [3.05, 3.63) is 47.5 Å². The van der Waals surface area contributed by atoms with Gasteiger partial charge in [0.1, 0.15) is 11.6 Å². The highest BCUT2D eigenvalue weighted by Gasteiger charge is 2.18. The molecule has 2 aromatic carbocycles. The first-order valence-corrected chi connectivity index (χ1v) is 8.84. The van der Waals surface area contributed by atoms with Gasteiger partial charge < -0.3 is 24.8 Å². The zero-order valence-corrected chi connectivity index (χ0v) is 16.4. The number of anilines is 2. The fraction of sp³-hybridized carbons (Fsp3) is 0.263. The predicted molar refractivity (Wildman–Crippen MR) is 106 cm³/mol. The van der Waals surface area contributed by atoms with Crippen LogP contribution in [0.1, 0.15) is 24.2 Å². The standard InChI is InChI=1S/C19H20F2N2O4S/c1-4-26-16-7-11(18(24)25-3)6-15(17(16)27-5-2)23-19(28)22-14-9-12(20)8-13(21)10-14/h6-10H,4-5H2,1-3H3,(H2,22,23,28). The summed E-state index contributed by atoms with van der Waals surface area (Å²) in [7, 11) is 1.26. The zero-order valence-electron chi connectivity index (χ0n) is 15.6. The van der Waals surface area contributed by atoms with Gasteiger partial charge in [0.25, 0.3) is 0 Å². The molecule has 0 bridgehead atoms. The molecule has 2 aromatic rings. The van der Waals surface area contributed by atoms with Crippen LogP contribution in [0, 0.1) is 11.6 Å². The Labute approximate surface area is 166 Å². The Bertz CT molecular complexity index is 857. The number of ether oxygens (including phenoxy) is 3.